The van der Waals surface area contributed by atoms with Crippen molar-refractivity contribution in [3.63, 3.8) is 0 Å². The van der Waals surface area contributed by atoms with E-state index in [1.807, 2.05) is 0 Å². The lowest BCUT2D eigenvalue weighted by molar-refractivity contribution is 0.240. The molecule has 2 N–H and O–H groups in total. The van der Waals surface area contributed by atoms with Crippen LogP contribution in [0.3, 0.4) is 0 Å². The van der Waals surface area contributed by atoms with Crippen molar-refractivity contribution in [2.45, 2.75) is 18.9 Å². The van der Waals surface area contributed by atoms with E-state index in [1.54, 1.807) is 0 Å². The van der Waals surface area contributed by atoms with Crippen LogP contribution in [0.4, 0.5) is 0 Å². The molecular weight excluding hydrogens is 168 g/mol. The Bertz CT molecular complexity index is 166. The number of thioether (sulfide) groups is 1. The largest absolute Gasteiger partial charge is 0.326 e. The zero-order valence-corrected chi connectivity index (χ0v) is 8.57. The van der Waals surface area contributed by atoms with E-state index in [-0.39, 0.29) is 0 Å². The first-order chi connectivity index (χ1) is 5.73. The Balaban J connectivity index is 2.08. The topological polar surface area (TPSA) is 29.3 Å². The fraction of sp³-hybridized carbons (Fsp3) is 1.00. The molecule has 1 spiro atoms. The van der Waals surface area contributed by atoms with Crippen LogP contribution in [0.1, 0.15) is 12.8 Å². The summed E-state index contributed by atoms with van der Waals surface area (Å²) in [5, 5.41) is 0. The summed E-state index contributed by atoms with van der Waals surface area (Å²) in [6, 6.07) is 0.434. The molecule has 0 aliphatic carbocycles. The van der Waals surface area contributed by atoms with Gasteiger partial charge in [-0.1, -0.05) is 0 Å². The van der Waals surface area contributed by atoms with Crippen LogP contribution in [0, 0.1) is 5.41 Å². The monoisotopic (exact) mass is 186 g/mol. The molecule has 0 saturated carbocycles. The molecule has 0 radical (unpaired) electrons. The molecule has 70 valence electrons. The summed E-state index contributed by atoms with van der Waals surface area (Å²) in [4.78, 5) is 2.39. The molecule has 1 unspecified atom stereocenters. The lowest BCUT2D eigenvalue weighted by Gasteiger charge is -2.36. The molecule has 1 atom stereocenters. The Morgan fingerprint density at radius 1 is 1.42 bits per heavy atom. The summed E-state index contributed by atoms with van der Waals surface area (Å²) in [7, 11) is 2.19. The van der Waals surface area contributed by atoms with E-state index >= 15 is 0 Å². The molecule has 12 heavy (non-hydrogen) atoms. The molecule has 3 heteroatoms. The molecule has 0 aromatic heterocycles. The van der Waals surface area contributed by atoms with Gasteiger partial charge < -0.3 is 10.6 Å². The van der Waals surface area contributed by atoms with Crippen molar-refractivity contribution in [3.05, 3.63) is 0 Å². The van der Waals surface area contributed by atoms with Gasteiger partial charge in [-0.3, -0.25) is 0 Å². The average molecular weight is 186 g/mol. The summed E-state index contributed by atoms with van der Waals surface area (Å²) in [5.74, 6) is 2.64. The highest BCUT2D eigenvalue weighted by Gasteiger charge is 2.43. The lowest BCUT2D eigenvalue weighted by atomic mass is 9.78. The quantitative estimate of drug-likeness (QED) is 0.606. The Morgan fingerprint density at radius 2 is 2.08 bits per heavy atom. The molecule has 2 aliphatic rings. The molecule has 2 aliphatic heterocycles. The summed E-state index contributed by atoms with van der Waals surface area (Å²) in [6.45, 7) is 2.33. The lowest BCUT2D eigenvalue weighted by Crippen LogP contribution is -2.43. The third kappa shape index (κ3) is 1.38. The van der Waals surface area contributed by atoms with Gasteiger partial charge >= 0.3 is 0 Å². The third-order valence-corrected chi connectivity index (χ3v) is 4.35. The van der Waals surface area contributed by atoms with Crippen LogP contribution in [0.5, 0.6) is 0 Å². The van der Waals surface area contributed by atoms with E-state index in [0.29, 0.717) is 11.5 Å². The van der Waals surface area contributed by atoms with Crippen molar-refractivity contribution in [2.75, 3.05) is 31.6 Å². The van der Waals surface area contributed by atoms with Crippen LogP contribution in [-0.2, 0) is 0 Å². The number of rotatable bonds is 0. The van der Waals surface area contributed by atoms with Gasteiger partial charge in [0.1, 0.15) is 0 Å². The molecule has 2 nitrogen and oxygen atoms in total. The standard InChI is InChI=1S/C9H18N2S/c1-11-6-8(10)9(7-11)2-4-12-5-3-9/h8H,2-7,10H2,1H3. The zero-order valence-electron chi connectivity index (χ0n) is 7.75. The number of nitrogens with two attached hydrogens (primary N) is 1. The third-order valence-electron chi connectivity index (χ3n) is 3.37. The second kappa shape index (κ2) is 3.20. The SMILES string of the molecule is CN1CC(N)C2(CCSCC2)C1. The van der Waals surface area contributed by atoms with Crippen LogP contribution in [0.2, 0.25) is 0 Å². The second-order valence-corrected chi connectivity index (χ2v) is 5.50. The predicted octanol–water partition coefficient (Wildman–Crippen LogP) is 0.772. The van der Waals surface area contributed by atoms with E-state index in [0.717, 1.165) is 6.54 Å². The normalized spacial score (nSPS) is 36.0. The van der Waals surface area contributed by atoms with Gasteiger partial charge in [0, 0.05) is 24.5 Å². The Kier molecular flexibility index (Phi) is 2.36. The Labute approximate surface area is 78.9 Å². The van der Waals surface area contributed by atoms with E-state index < -0.39 is 0 Å². The van der Waals surface area contributed by atoms with Gasteiger partial charge in [0.15, 0.2) is 0 Å². The predicted molar refractivity (Wildman–Crippen MR) is 54.5 cm³/mol. The van der Waals surface area contributed by atoms with Crippen molar-refractivity contribution >= 4 is 11.8 Å². The molecule has 2 saturated heterocycles. The Morgan fingerprint density at radius 3 is 2.58 bits per heavy atom. The molecular formula is C9H18N2S. The van der Waals surface area contributed by atoms with Gasteiger partial charge in [0.2, 0.25) is 0 Å². The molecule has 0 aromatic rings. The first-order valence-corrected chi connectivity index (χ1v) is 5.90. The maximum Gasteiger partial charge on any atom is 0.0237 e. The minimum absolute atomic E-state index is 0.434. The van der Waals surface area contributed by atoms with Crippen LogP contribution in [0.25, 0.3) is 0 Å². The number of nitrogens with zero attached hydrogens (tertiary/aromatic N) is 1. The van der Waals surface area contributed by atoms with E-state index in [9.17, 15) is 0 Å². The van der Waals surface area contributed by atoms with Crippen molar-refractivity contribution in [1.29, 1.82) is 0 Å². The number of likely N-dealkylation sites (tertiary alicyclic amines) is 1. The van der Waals surface area contributed by atoms with Crippen molar-refractivity contribution in [3.8, 4) is 0 Å². The van der Waals surface area contributed by atoms with Crippen molar-refractivity contribution in [2.24, 2.45) is 11.1 Å². The summed E-state index contributed by atoms with van der Waals surface area (Å²) >= 11 is 2.08. The van der Waals surface area contributed by atoms with Crippen LogP contribution >= 0.6 is 11.8 Å². The average Bonchev–Trinajstić information content (AvgIpc) is 2.29. The minimum atomic E-state index is 0.434. The highest BCUT2D eigenvalue weighted by atomic mass is 32.2. The number of hydrogen-bond donors (Lipinski definition) is 1. The Hall–Kier alpha value is 0.270. The van der Waals surface area contributed by atoms with Gasteiger partial charge in [-0.2, -0.15) is 11.8 Å². The van der Waals surface area contributed by atoms with E-state index in [1.165, 1.54) is 30.9 Å². The second-order valence-electron chi connectivity index (χ2n) is 4.28. The molecule has 2 fully saturated rings. The molecule has 2 heterocycles. The van der Waals surface area contributed by atoms with Crippen molar-refractivity contribution in [1.82, 2.24) is 4.90 Å². The summed E-state index contributed by atoms with van der Waals surface area (Å²) < 4.78 is 0. The van der Waals surface area contributed by atoms with Crippen LogP contribution in [0.15, 0.2) is 0 Å². The van der Waals surface area contributed by atoms with E-state index in [4.69, 9.17) is 5.73 Å². The highest BCUT2D eigenvalue weighted by molar-refractivity contribution is 7.99. The minimum Gasteiger partial charge on any atom is -0.326 e. The van der Waals surface area contributed by atoms with Crippen LogP contribution < -0.4 is 5.73 Å². The first kappa shape index (κ1) is 8.85. The number of hydrogen-bond acceptors (Lipinski definition) is 3. The molecule has 0 aromatic carbocycles. The fourth-order valence-corrected chi connectivity index (χ4v) is 3.86. The van der Waals surface area contributed by atoms with E-state index in [2.05, 4.69) is 23.7 Å². The first-order valence-electron chi connectivity index (χ1n) is 4.75. The van der Waals surface area contributed by atoms with Crippen LogP contribution in [-0.4, -0.2) is 42.6 Å². The molecule has 2 rings (SSSR count). The van der Waals surface area contributed by atoms with Gasteiger partial charge in [-0.25, -0.2) is 0 Å². The molecule has 0 bridgehead atoms. The molecule has 0 amide bonds. The fourth-order valence-electron chi connectivity index (χ4n) is 2.56. The maximum absolute atomic E-state index is 6.18. The van der Waals surface area contributed by atoms with Gasteiger partial charge in [0.25, 0.3) is 0 Å². The highest BCUT2D eigenvalue weighted by Crippen LogP contribution is 2.41. The van der Waals surface area contributed by atoms with Gasteiger partial charge in [0.05, 0.1) is 0 Å². The van der Waals surface area contributed by atoms with Gasteiger partial charge in [-0.15, -0.1) is 0 Å². The summed E-state index contributed by atoms with van der Waals surface area (Å²) in [5.41, 5.74) is 6.67. The number of likely N-dealkylation sites (N-methyl/N-ethyl adjacent to an activating group) is 1. The maximum atomic E-state index is 6.18. The summed E-state index contributed by atoms with van der Waals surface area (Å²) in [6.07, 6.45) is 2.67. The zero-order chi connectivity index (χ0) is 8.60. The van der Waals surface area contributed by atoms with Crippen molar-refractivity contribution < 1.29 is 0 Å². The smallest absolute Gasteiger partial charge is 0.0237 e. The van der Waals surface area contributed by atoms with Gasteiger partial charge in [-0.05, 0) is 31.4 Å².